The molecule has 0 atom stereocenters. The van der Waals surface area contributed by atoms with Crippen LogP contribution in [0.1, 0.15) is 0 Å². The van der Waals surface area contributed by atoms with Crippen molar-refractivity contribution < 1.29 is 4.52 Å². The number of rotatable bonds is 2. The van der Waals surface area contributed by atoms with Crippen LogP contribution in [0, 0.1) is 0 Å². The van der Waals surface area contributed by atoms with Gasteiger partial charge in [-0.05, 0) is 29.3 Å². The summed E-state index contributed by atoms with van der Waals surface area (Å²) in [6.07, 6.45) is 0. The lowest BCUT2D eigenvalue weighted by Gasteiger charge is -2.08. The predicted molar refractivity (Wildman–Crippen MR) is 118 cm³/mol. The van der Waals surface area contributed by atoms with Gasteiger partial charge in [-0.1, -0.05) is 84.0 Å². The van der Waals surface area contributed by atoms with Crippen LogP contribution in [0.3, 0.4) is 0 Å². The fourth-order valence-electron chi connectivity index (χ4n) is 3.99. The Hall–Kier alpha value is -3.98. The number of para-hydroxylation sites is 1. The highest BCUT2D eigenvalue weighted by Crippen LogP contribution is 2.40. The van der Waals surface area contributed by atoms with Gasteiger partial charge in [-0.15, -0.1) is 0 Å². The van der Waals surface area contributed by atoms with Crippen LogP contribution in [0.25, 0.3) is 55.2 Å². The van der Waals surface area contributed by atoms with Crippen LogP contribution in [-0.2, 0) is 0 Å². The second-order valence-electron chi connectivity index (χ2n) is 7.14. The van der Waals surface area contributed by atoms with Crippen molar-refractivity contribution in [3.8, 4) is 22.4 Å². The second-order valence-corrected chi connectivity index (χ2v) is 7.14. The zero-order valence-corrected chi connectivity index (χ0v) is 15.5. The van der Waals surface area contributed by atoms with E-state index in [2.05, 4.69) is 59.8 Å². The van der Waals surface area contributed by atoms with Crippen molar-refractivity contribution in [1.82, 2.24) is 10.1 Å². The molecule has 2 aromatic heterocycles. The number of aromatic nitrogens is 2. The molecular formula is C26H16N2O. The zero-order valence-electron chi connectivity index (χ0n) is 15.5. The maximum absolute atomic E-state index is 5.94. The van der Waals surface area contributed by atoms with Gasteiger partial charge in [-0.25, -0.2) is 4.98 Å². The number of pyridine rings is 1. The Morgan fingerprint density at radius 1 is 0.621 bits per heavy atom. The Labute approximate surface area is 167 Å². The Bertz CT molecular complexity index is 1490. The van der Waals surface area contributed by atoms with Gasteiger partial charge in [0, 0.05) is 16.3 Å². The number of hydrogen-bond donors (Lipinski definition) is 0. The molecule has 0 amide bonds. The first-order valence-corrected chi connectivity index (χ1v) is 9.61. The van der Waals surface area contributed by atoms with Crippen molar-refractivity contribution in [2.24, 2.45) is 0 Å². The smallest absolute Gasteiger partial charge is 0.177 e. The summed E-state index contributed by atoms with van der Waals surface area (Å²) in [6.45, 7) is 0. The van der Waals surface area contributed by atoms with Gasteiger partial charge in [-0.3, -0.25) is 0 Å². The number of nitrogens with zero attached hydrogens (tertiary/aromatic N) is 2. The fourth-order valence-corrected chi connectivity index (χ4v) is 3.99. The molecule has 0 aliphatic carbocycles. The van der Waals surface area contributed by atoms with Crippen molar-refractivity contribution in [2.45, 2.75) is 0 Å². The number of hydrogen-bond acceptors (Lipinski definition) is 3. The van der Waals surface area contributed by atoms with Crippen molar-refractivity contribution in [1.29, 1.82) is 0 Å². The van der Waals surface area contributed by atoms with Crippen LogP contribution in [0.2, 0.25) is 0 Å². The summed E-state index contributed by atoms with van der Waals surface area (Å²) in [5.74, 6) is 0. The molecule has 0 radical (unpaired) electrons. The van der Waals surface area contributed by atoms with E-state index < -0.39 is 0 Å². The summed E-state index contributed by atoms with van der Waals surface area (Å²) in [7, 11) is 0. The quantitative estimate of drug-likeness (QED) is 0.312. The highest BCUT2D eigenvalue weighted by atomic mass is 16.5. The molecule has 6 rings (SSSR count). The van der Waals surface area contributed by atoms with E-state index in [9.17, 15) is 0 Å². The molecule has 2 heterocycles. The van der Waals surface area contributed by atoms with E-state index in [0.29, 0.717) is 0 Å². The van der Waals surface area contributed by atoms with E-state index in [-0.39, 0.29) is 0 Å². The Kier molecular flexibility index (Phi) is 3.47. The van der Waals surface area contributed by atoms with Crippen LogP contribution >= 0.6 is 0 Å². The van der Waals surface area contributed by atoms with Crippen LogP contribution < -0.4 is 0 Å². The molecule has 0 N–H and O–H groups in total. The van der Waals surface area contributed by atoms with Crippen LogP contribution in [0.15, 0.2) is 102 Å². The van der Waals surface area contributed by atoms with Gasteiger partial charge in [0.25, 0.3) is 0 Å². The van der Waals surface area contributed by atoms with Gasteiger partial charge < -0.3 is 4.52 Å². The summed E-state index contributed by atoms with van der Waals surface area (Å²) in [6, 6.07) is 33.0. The monoisotopic (exact) mass is 372 g/mol. The van der Waals surface area contributed by atoms with Crippen LogP contribution in [0.5, 0.6) is 0 Å². The fraction of sp³-hybridized carbons (Fsp3) is 0. The average molecular weight is 372 g/mol. The Balaban J connectivity index is 1.79. The summed E-state index contributed by atoms with van der Waals surface area (Å²) in [5, 5.41) is 7.57. The molecule has 0 aliphatic rings. The van der Waals surface area contributed by atoms with Crippen molar-refractivity contribution in [2.75, 3.05) is 0 Å². The van der Waals surface area contributed by atoms with Gasteiger partial charge in [0.15, 0.2) is 5.58 Å². The van der Waals surface area contributed by atoms with E-state index >= 15 is 0 Å². The minimum Gasteiger partial charge on any atom is -0.355 e. The van der Waals surface area contributed by atoms with Gasteiger partial charge in [0.05, 0.1) is 16.4 Å². The second kappa shape index (κ2) is 6.28. The van der Waals surface area contributed by atoms with Crippen molar-refractivity contribution in [3.63, 3.8) is 0 Å². The van der Waals surface area contributed by atoms with Gasteiger partial charge >= 0.3 is 0 Å². The SMILES string of the molecule is c1ccc(-c2cc3nc4ccccc4cc3c3onc(-c4ccccc4)c23)cc1. The zero-order chi connectivity index (χ0) is 19.2. The lowest BCUT2D eigenvalue weighted by Crippen LogP contribution is -1.88. The van der Waals surface area contributed by atoms with E-state index in [1.807, 2.05) is 42.5 Å². The molecular weight excluding hydrogens is 356 g/mol. The van der Waals surface area contributed by atoms with E-state index in [4.69, 9.17) is 9.51 Å². The standard InChI is InChI=1S/C26H16N2O/c1-3-9-17(10-4-1)20-16-23-21(15-19-13-7-8-14-22(19)27-23)26-24(20)25(28-29-26)18-11-5-2-6-12-18/h1-16H. The molecule has 0 unspecified atom stereocenters. The lowest BCUT2D eigenvalue weighted by molar-refractivity contribution is 0.461. The van der Waals surface area contributed by atoms with E-state index in [1.54, 1.807) is 0 Å². The third kappa shape index (κ3) is 2.52. The van der Waals surface area contributed by atoms with Crippen LogP contribution in [-0.4, -0.2) is 10.1 Å². The molecule has 0 saturated heterocycles. The minimum absolute atomic E-state index is 0.776. The topological polar surface area (TPSA) is 38.9 Å². The molecule has 6 aromatic rings. The first-order valence-electron chi connectivity index (χ1n) is 9.61. The molecule has 3 heteroatoms. The third-order valence-electron chi connectivity index (χ3n) is 5.37. The highest BCUT2D eigenvalue weighted by Gasteiger charge is 2.19. The molecule has 29 heavy (non-hydrogen) atoms. The van der Waals surface area contributed by atoms with Crippen molar-refractivity contribution in [3.05, 3.63) is 97.1 Å². The maximum atomic E-state index is 5.94. The molecule has 0 bridgehead atoms. The van der Waals surface area contributed by atoms with E-state index in [0.717, 1.165) is 55.2 Å². The number of fused-ring (bicyclic) bond motifs is 4. The summed E-state index contributed by atoms with van der Waals surface area (Å²) in [4.78, 5) is 4.91. The Morgan fingerprint density at radius 3 is 2.10 bits per heavy atom. The lowest BCUT2D eigenvalue weighted by atomic mass is 9.95. The first-order chi connectivity index (χ1) is 14.4. The molecule has 3 nitrogen and oxygen atoms in total. The maximum Gasteiger partial charge on any atom is 0.177 e. The predicted octanol–water partition coefficient (Wildman–Crippen LogP) is 6.86. The molecule has 136 valence electrons. The van der Waals surface area contributed by atoms with Crippen LogP contribution in [0.4, 0.5) is 0 Å². The molecule has 0 spiro atoms. The first kappa shape index (κ1) is 16.0. The molecule has 0 aliphatic heterocycles. The largest absolute Gasteiger partial charge is 0.355 e. The minimum atomic E-state index is 0.776. The van der Waals surface area contributed by atoms with Crippen molar-refractivity contribution >= 4 is 32.8 Å². The van der Waals surface area contributed by atoms with Gasteiger partial charge in [-0.2, -0.15) is 0 Å². The summed E-state index contributed by atoms with van der Waals surface area (Å²) < 4.78 is 5.94. The highest BCUT2D eigenvalue weighted by molar-refractivity contribution is 6.16. The van der Waals surface area contributed by atoms with E-state index in [1.165, 1.54) is 0 Å². The Morgan fingerprint density at radius 2 is 1.31 bits per heavy atom. The average Bonchev–Trinajstić information content (AvgIpc) is 3.24. The third-order valence-corrected chi connectivity index (χ3v) is 5.37. The summed E-state index contributed by atoms with van der Waals surface area (Å²) in [5.41, 5.74) is 6.75. The molecule has 4 aromatic carbocycles. The van der Waals surface area contributed by atoms with Gasteiger partial charge in [0.2, 0.25) is 0 Å². The molecule has 0 saturated carbocycles. The summed E-state index contributed by atoms with van der Waals surface area (Å²) >= 11 is 0. The molecule has 0 fully saturated rings. The normalized spacial score (nSPS) is 11.4. The number of benzene rings is 4. The van der Waals surface area contributed by atoms with Gasteiger partial charge in [0.1, 0.15) is 5.69 Å².